The van der Waals surface area contributed by atoms with Gasteiger partial charge in [-0.15, -0.1) is 0 Å². The van der Waals surface area contributed by atoms with E-state index >= 15 is 0 Å². The second-order valence-electron chi connectivity index (χ2n) is 4.77. The number of ether oxygens (including phenoxy) is 2. The molecule has 0 aromatic heterocycles. The van der Waals surface area contributed by atoms with Gasteiger partial charge in [0.15, 0.2) is 5.96 Å². The Kier molecular flexibility index (Phi) is 7.76. The van der Waals surface area contributed by atoms with Crippen molar-refractivity contribution < 1.29 is 9.47 Å². The van der Waals surface area contributed by atoms with Crippen molar-refractivity contribution in [2.75, 3.05) is 53.6 Å². The highest BCUT2D eigenvalue weighted by atomic mass is 16.5. The molecule has 5 nitrogen and oxygen atoms in total. The Bertz CT molecular complexity index is 246. The Morgan fingerprint density at radius 2 is 2.22 bits per heavy atom. The number of nitrogens with zero attached hydrogens (tertiary/aromatic N) is 2. The first kappa shape index (κ1) is 15.2. The standard InChI is InChI=1S/C13H27N3O2/c1-12-5-4-7-16(11-12)13(14-2)15-6-8-18-10-9-17-3/h12H,4-11H2,1-3H3,(H,14,15). The number of guanidine groups is 1. The first-order chi connectivity index (χ1) is 8.77. The molecular weight excluding hydrogens is 230 g/mol. The molecule has 0 aliphatic carbocycles. The lowest BCUT2D eigenvalue weighted by Crippen LogP contribution is -2.47. The van der Waals surface area contributed by atoms with E-state index < -0.39 is 0 Å². The summed E-state index contributed by atoms with van der Waals surface area (Å²) in [6.07, 6.45) is 2.58. The van der Waals surface area contributed by atoms with E-state index in [1.165, 1.54) is 12.8 Å². The van der Waals surface area contributed by atoms with Gasteiger partial charge in [0.25, 0.3) is 0 Å². The fourth-order valence-corrected chi connectivity index (χ4v) is 2.19. The Labute approximate surface area is 111 Å². The zero-order chi connectivity index (χ0) is 13.2. The molecule has 1 heterocycles. The van der Waals surface area contributed by atoms with Gasteiger partial charge >= 0.3 is 0 Å². The summed E-state index contributed by atoms with van der Waals surface area (Å²) < 4.78 is 10.3. The second-order valence-corrected chi connectivity index (χ2v) is 4.77. The van der Waals surface area contributed by atoms with Crippen LogP contribution in [-0.2, 0) is 9.47 Å². The summed E-state index contributed by atoms with van der Waals surface area (Å²) in [5.41, 5.74) is 0. The number of aliphatic imine (C=N–C) groups is 1. The van der Waals surface area contributed by atoms with E-state index in [0.717, 1.165) is 31.5 Å². The molecule has 5 heteroatoms. The van der Waals surface area contributed by atoms with Gasteiger partial charge in [-0.2, -0.15) is 0 Å². The SMILES string of the molecule is CN=C(NCCOCCOC)N1CCCC(C)C1. The summed E-state index contributed by atoms with van der Waals surface area (Å²) in [5, 5.41) is 3.35. The first-order valence-corrected chi connectivity index (χ1v) is 6.80. The van der Waals surface area contributed by atoms with Gasteiger partial charge in [0.05, 0.1) is 19.8 Å². The molecule has 0 spiro atoms. The van der Waals surface area contributed by atoms with Crippen LogP contribution in [0.4, 0.5) is 0 Å². The van der Waals surface area contributed by atoms with Gasteiger partial charge in [0, 0.05) is 33.8 Å². The van der Waals surface area contributed by atoms with Crippen molar-refractivity contribution in [1.82, 2.24) is 10.2 Å². The van der Waals surface area contributed by atoms with E-state index in [9.17, 15) is 0 Å². The predicted octanol–water partition coefficient (Wildman–Crippen LogP) is 0.957. The van der Waals surface area contributed by atoms with E-state index in [4.69, 9.17) is 9.47 Å². The molecule has 1 aliphatic rings. The lowest BCUT2D eigenvalue weighted by molar-refractivity contribution is 0.0730. The number of piperidine rings is 1. The Balaban J connectivity index is 2.17. The topological polar surface area (TPSA) is 46.1 Å². The van der Waals surface area contributed by atoms with Crippen LogP contribution in [0.15, 0.2) is 4.99 Å². The van der Waals surface area contributed by atoms with Crippen LogP contribution in [0, 0.1) is 5.92 Å². The maximum atomic E-state index is 5.42. The maximum Gasteiger partial charge on any atom is 0.193 e. The van der Waals surface area contributed by atoms with Crippen molar-refractivity contribution in [3.8, 4) is 0 Å². The summed E-state index contributed by atoms with van der Waals surface area (Å²) in [6.45, 7) is 7.29. The average molecular weight is 257 g/mol. The minimum atomic E-state index is 0.650. The number of hydrogen-bond acceptors (Lipinski definition) is 3. The minimum absolute atomic E-state index is 0.650. The van der Waals surface area contributed by atoms with Gasteiger partial charge in [-0.05, 0) is 18.8 Å². The lowest BCUT2D eigenvalue weighted by atomic mass is 10.0. The van der Waals surface area contributed by atoms with Crippen molar-refractivity contribution in [3.05, 3.63) is 0 Å². The highest BCUT2D eigenvalue weighted by Crippen LogP contribution is 2.15. The van der Waals surface area contributed by atoms with Crippen LogP contribution in [0.5, 0.6) is 0 Å². The molecule has 1 N–H and O–H groups in total. The number of likely N-dealkylation sites (tertiary alicyclic amines) is 1. The summed E-state index contributed by atoms with van der Waals surface area (Å²) in [5.74, 6) is 1.76. The molecule has 18 heavy (non-hydrogen) atoms. The van der Waals surface area contributed by atoms with Crippen molar-refractivity contribution >= 4 is 5.96 Å². The molecule has 0 aromatic carbocycles. The van der Waals surface area contributed by atoms with Crippen LogP contribution in [0.1, 0.15) is 19.8 Å². The summed E-state index contributed by atoms with van der Waals surface area (Å²) in [6, 6.07) is 0. The van der Waals surface area contributed by atoms with E-state index in [1.807, 2.05) is 7.05 Å². The van der Waals surface area contributed by atoms with Gasteiger partial charge in [-0.25, -0.2) is 0 Å². The average Bonchev–Trinajstić information content (AvgIpc) is 2.38. The second kappa shape index (κ2) is 9.16. The van der Waals surface area contributed by atoms with Crippen molar-refractivity contribution in [1.29, 1.82) is 0 Å². The van der Waals surface area contributed by atoms with Crippen molar-refractivity contribution in [3.63, 3.8) is 0 Å². The van der Waals surface area contributed by atoms with Crippen LogP contribution >= 0.6 is 0 Å². The van der Waals surface area contributed by atoms with Gasteiger partial charge in [0.2, 0.25) is 0 Å². The molecule has 0 saturated carbocycles. The normalized spacial score (nSPS) is 21.2. The van der Waals surface area contributed by atoms with Gasteiger partial charge in [-0.3, -0.25) is 4.99 Å². The molecule has 1 saturated heterocycles. The molecule has 1 unspecified atom stereocenters. The van der Waals surface area contributed by atoms with E-state index in [2.05, 4.69) is 22.1 Å². The summed E-state index contributed by atoms with van der Waals surface area (Å²) in [4.78, 5) is 6.67. The van der Waals surface area contributed by atoms with Crippen LogP contribution in [0.2, 0.25) is 0 Å². The molecule has 1 aliphatic heterocycles. The quantitative estimate of drug-likeness (QED) is 0.437. The molecule has 0 amide bonds. The number of rotatable bonds is 6. The predicted molar refractivity (Wildman–Crippen MR) is 74.0 cm³/mol. The molecule has 1 atom stereocenters. The van der Waals surface area contributed by atoms with Crippen LogP contribution in [-0.4, -0.2) is 64.5 Å². The highest BCUT2D eigenvalue weighted by molar-refractivity contribution is 5.79. The van der Waals surface area contributed by atoms with Crippen LogP contribution < -0.4 is 5.32 Å². The minimum Gasteiger partial charge on any atom is -0.382 e. The first-order valence-electron chi connectivity index (χ1n) is 6.80. The summed E-state index contributed by atoms with van der Waals surface area (Å²) in [7, 11) is 3.52. The Hall–Kier alpha value is -0.810. The highest BCUT2D eigenvalue weighted by Gasteiger charge is 2.18. The number of hydrogen-bond donors (Lipinski definition) is 1. The number of nitrogens with one attached hydrogen (secondary N) is 1. The zero-order valence-corrected chi connectivity index (χ0v) is 11.9. The Morgan fingerprint density at radius 3 is 2.89 bits per heavy atom. The van der Waals surface area contributed by atoms with Gasteiger partial charge in [-0.1, -0.05) is 6.92 Å². The maximum absolute atomic E-state index is 5.42. The third-order valence-corrected chi connectivity index (χ3v) is 3.13. The molecule has 106 valence electrons. The zero-order valence-electron chi connectivity index (χ0n) is 11.9. The fourth-order valence-electron chi connectivity index (χ4n) is 2.19. The largest absolute Gasteiger partial charge is 0.382 e. The molecule has 0 bridgehead atoms. The monoisotopic (exact) mass is 257 g/mol. The van der Waals surface area contributed by atoms with Crippen LogP contribution in [0.3, 0.4) is 0 Å². The molecule has 1 fully saturated rings. The Morgan fingerprint density at radius 1 is 1.39 bits per heavy atom. The third-order valence-electron chi connectivity index (χ3n) is 3.13. The van der Waals surface area contributed by atoms with Gasteiger partial charge in [0.1, 0.15) is 0 Å². The van der Waals surface area contributed by atoms with E-state index in [0.29, 0.717) is 19.8 Å². The molecular formula is C13H27N3O2. The lowest BCUT2D eigenvalue weighted by Gasteiger charge is -2.33. The smallest absolute Gasteiger partial charge is 0.193 e. The molecule has 1 rings (SSSR count). The number of methoxy groups -OCH3 is 1. The van der Waals surface area contributed by atoms with Gasteiger partial charge < -0.3 is 19.7 Å². The fraction of sp³-hybridized carbons (Fsp3) is 0.923. The van der Waals surface area contributed by atoms with Crippen molar-refractivity contribution in [2.24, 2.45) is 10.9 Å². The summed E-state index contributed by atoms with van der Waals surface area (Å²) >= 11 is 0. The third kappa shape index (κ3) is 5.69. The van der Waals surface area contributed by atoms with Crippen LogP contribution in [0.25, 0.3) is 0 Å². The van der Waals surface area contributed by atoms with E-state index in [1.54, 1.807) is 7.11 Å². The molecule has 0 radical (unpaired) electrons. The molecule has 0 aromatic rings. The van der Waals surface area contributed by atoms with Crippen molar-refractivity contribution in [2.45, 2.75) is 19.8 Å². The van der Waals surface area contributed by atoms with E-state index in [-0.39, 0.29) is 0 Å².